The number of piperidine rings is 1. The number of fused-ring (bicyclic) bond motifs is 2. The Morgan fingerprint density at radius 3 is 2.74 bits per heavy atom. The van der Waals surface area contributed by atoms with E-state index in [0.29, 0.717) is 29.1 Å². The van der Waals surface area contributed by atoms with Crippen LogP contribution in [-0.2, 0) is 31.3 Å². The molecule has 0 spiro atoms. The topological polar surface area (TPSA) is 149 Å². The summed E-state index contributed by atoms with van der Waals surface area (Å²) in [6.45, 7) is 0.734. The standard InChI is InChI=1S/C25H21ClFN5O6S/c1-37-24(34)31-10-14-8-25(14,12-31)23-30-29-21(38-23)16-6-19-20(7-17(16)27)39(35,36)11-18(28)22(33)32(19)9-13-2-4-15(26)5-3-13/h2-7,11,14H,8-10,12,28H2,1H3. The Labute approximate surface area is 226 Å². The second kappa shape index (κ2) is 8.78. The number of hydrogen-bond donors (Lipinski definition) is 1. The highest BCUT2D eigenvalue weighted by atomic mass is 35.5. The van der Waals surface area contributed by atoms with Crippen LogP contribution in [0.4, 0.5) is 14.9 Å². The van der Waals surface area contributed by atoms with Crippen LogP contribution < -0.4 is 10.6 Å². The van der Waals surface area contributed by atoms with Gasteiger partial charge in [0.2, 0.25) is 15.7 Å². The first-order chi connectivity index (χ1) is 18.5. The lowest BCUT2D eigenvalue weighted by atomic mass is 10.1. The minimum absolute atomic E-state index is 0.0681. The SMILES string of the molecule is COC(=O)N1CC2CC2(c2nnc(-c3cc4c(cc3F)S(=O)(=O)C=C(N)C(=O)N4Cc3ccc(Cl)cc3)o2)C1. The van der Waals surface area contributed by atoms with Gasteiger partial charge >= 0.3 is 6.09 Å². The van der Waals surface area contributed by atoms with E-state index in [9.17, 15) is 18.0 Å². The molecule has 2 atom stereocenters. The molecule has 3 aliphatic rings. The maximum Gasteiger partial charge on any atom is 0.409 e. The number of anilines is 1. The summed E-state index contributed by atoms with van der Waals surface area (Å²) >= 11 is 5.97. The molecule has 2 aliphatic heterocycles. The van der Waals surface area contributed by atoms with E-state index in [-0.39, 0.29) is 35.5 Å². The fourth-order valence-electron chi connectivity index (χ4n) is 5.24. The predicted octanol–water partition coefficient (Wildman–Crippen LogP) is 2.99. The van der Waals surface area contributed by atoms with E-state index in [1.807, 2.05) is 0 Å². The smallest absolute Gasteiger partial charge is 0.409 e. The Bertz CT molecular complexity index is 1670. The van der Waals surface area contributed by atoms with Crippen molar-refractivity contribution in [2.75, 3.05) is 25.1 Å². The van der Waals surface area contributed by atoms with Gasteiger partial charge in [-0.3, -0.25) is 4.79 Å². The van der Waals surface area contributed by atoms with Gasteiger partial charge < -0.3 is 24.7 Å². The van der Waals surface area contributed by atoms with Gasteiger partial charge in [-0.2, -0.15) is 0 Å². The van der Waals surface area contributed by atoms with E-state index in [2.05, 4.69) is 10.2 Å². The van der Waals surface area contributed by atoms with Crippen LogP contribution in [0.1, 0.15) is 17.9 Å². The number of carbonyl (C=O) groups is 2. The molecule has 1 saturated heterocycles. The number of carbonyl (C=O) groups excluding carboxylic acids is 2. The highest BCUT2D eigenvalue weighted by molar-refractivity contribution is 7.94. The number of aromatic nitrogens is 2. The molecule has 2 fully saturated rings. The number of sulfone groups is 1. The van der Waals surface area contributed by atoms with Crippen molar-refractivity contribution in [3.05, 3.63) is 69.8 Å². The Hall–Kier alpha value is -3.97. The number of hydrogen-bond acceptors (Lipinski definition) is 9. The van der Waals surface area contributed by atoms with Crippen molar-refractivity contribution in [3.8, 4) is 11.5 Å². The molecule has 2 unspecified atom stereocenters. The first-order valence-corrected chi connectivity index (χ1v) is 13.7. The van der Waals surface area contributed by atoms with E-state index in [4.69, 9.17) is 26.5 Å². The number of benzene rings is 2. The molecule has 2 amide bonds. The number of rotatable bonds is 4. The zero-order valence-electron chi connectivity index (χ0n) is 20.4. The van der Waals surface area contributed by atoms with Gasteiger partial charge in [0, 0.05) is 18.1 Å². The van der Waals surface area contributed by atoms with Crippen molar-refractivity contribution >= 4 is 39.1 Å². The summed E-state index contributed by atoms with van der Waals surface area (Å²) in [5, 5.41) is 9.25. The van der Waals surface area contributed by atoms with Gasteiger partial charge in [0.05, 0.1) is 40.6 Å². The largest absolute Gasteiger partial charge is 0.453 e. The van der Waals surface area contributed by atoms with Gasteiger partial charge in [-0.25, -0.2) is 17.6 Å². The highest BCUT2D eigenvalue weighted by Crippen LogP contribution is 2.59. The minimum Gasteiger partial charge on any atom is -0.453 e. The van der Waals surface area contributed by atoms with Gasteiger partial charge in [0.1, 0.15) is 11.5 Å². The molecule has 1 saturated carbocycles. The fraction of sp³-hybridized carbons (Fsp3) is 0.280. The Balaban J connectivity index is 1.41. The fourth-order valence-corrected chi connectivity index (χ4v) is 6.65. The molecule has 1 aromatic heterocycles. The summed E-state index contributed by atoms with van der Waals surface area (Å²) in [6, 6.07) is 8.61. The van der Waals surface area contributed by atoms with Crippen LogP contribution in [0.5, 0.6) is 0 Å². The molecule has 0 bridgehead atoms. The molecule has 3 aromatic rings. The number of likely N-dealkylation sites (tertiary alicyclic amines) is 1. The molecule has 2 N–H and O–H groups in total. The molecule has 0 radical (unpaired) electrons. The van der Waals surface area contributed by atoms with Gasteiger partial charge in [0.25, 0.3) is 11.8 Å². The molecule has 11 nitrogen and oxygen atoms in total. The van der Waals surface area contributed by atoms with E-state index in [1.165, 1.54) is 13.2 Å². The van der Waals surface area contributed by atoms with Crippen molar-refractivity contribution < 1.29 is 31.6 Å². The molecular weight excluding hydrogens is 553 g/mol. The van der Waals surface area contributed by atoms with Crippen molar-refractivity contribution in [3.63, 3.8) is 0 Å². The molecule has 1 aliphatic carbocycles. The van der Waals surface area contributed by atoms with Crippen molar-refractivity contribution in [2.24, 2.45) is 11.7 Å². The van der Waals surface area contributed by atoms with Crippen molar-refractivity contribution in [2.45, 2.75) is 23.3 Å². The lowest BCUT2D eigenvalue weighted by molar-refractivity contribution is -0.115. The molecule has 6 rings (SSSR count). The van der Waals surface area contributed by atoms with Crippen LogP contribution in [-0.4, -0.2) is 55.7 Å². The van der Waals surface area contributed by atoms with Gasteiger partial charge in [-0.1, -0.05) is 23.7 Å². The maximum atomic E-state index is 15.4. The summed E-state index contributed by atoms with van der Waals surface area (Å²) < 4.78 is 52.1. The van der Waals surface area contributed by atoms with E-state index in [1.54, 1.807) is 29.2 Å². The maximum absolute atomic E-state index is 15.4. The van der Waals surface area contributed by atoms with E-state index in [0.717, 1.165) is 17.4 Å². The van der Waals surface area contributed by atoms with Gasteiger partial charge in [0.15, 0.2) is 0 Å². The lowest BCUT2D eigenvalue weighted by Gasteiger charge is -2.23. The third kappa shape index (κ3) is 4.12. The molecule has 2 aromatic carbocycles. The molecule has 3 heterocycles. The second-order valence-corrected chi connectivity index (χ2v) is 12.0. The minimum atomic E-state index is -4.27. The molecule has 14 heteroatoms. The molecule has 202 valence electrons. The first kappa shape index (κ1) is 25.3. The van der Waals surface area contributed by atoms with E-state index >= 15 is 4.39 Å². The third-order valence-corrected chi connectivity index (χ3v) is 9.09. The Kier molecular flexibility index (Phi) is 5.70. The Morgan fingerprint density at radius 2 is 2.03 bits per heavy atom. The number of ether oxygens (including phenoxy) is 1. The van der Waals surface area contributed by atoms with Crippen molar-refractivity contribution in [1.29, 1.82) is 0 Å². The molecular formula is C25H21ClFN5O6S. The monoisotopic (exact) mass is 573 g/mol. The summed E-state index contributed by atoms with van der Waals surface area (Å²) in [4.78, 5) is 27.4. The Morgan fingerprint density at radius 1 is 1.28 bits per heavy atom. The number of halogens is 2. The van der Waals surface area contributed by atoms with Crippen LogP contribution in [0.3, 0.4) is 0 Å². The summed E-state index contributed by atoms with van der Waals surface area (Å²) in [7, 11) is -2.97. The number of methoxy groups -OCH3 is 1. The quantitative estimate of drug-likeness (QED) is 0.497. The van der Waals surface area contributed by atoms with Crippen LogP contribution in [0, 0.1) is 11.7 Å². The number of nitrogens with zero attached hydrogens (tertiary/aromatic N) is 4. The van der Waals surface area contributed by atoms with Crippen LogP contribution in [0.2, 0.25) is 5.02 Å². The second-order valence-electron chi connectivity index (χ2n) is 9.76. The van der Waals surface area contributed by atoms with Gasteiger partial charge in [-0.15, -0.1) is 10.2 Å². The lowest BCUT2D eigenvalue weighted by Crippen LogP contribution is -2.33. The van der Waals surface area contributed by atoms with Gasteiger partial charge in [-0.05, 0) is 42.2 Å². The zero-order chi connectivity index (χ0) is 27.7. The average molecular weight is 574 g/mol. The van der Waals surface area contributed by atoms with Crippen molar-refractivity contribution in [1.82, 2.24) is 15.1 Å². The zero-order valence-corrected chi connectivity index (χ0v) is 22.0. The summed E-state index contributed by atoms with van der Waals surface area (Å²) in [6.07, 6.45) is 0.263. The van der Waals surface area contributed by atoms with Crippen LogP contribution in [0.15, 0.2) is 56.8 Å². The average Bonchev–Trinajstić information content (AvgIpc) is 3.24. The number of nitrogens with two attached hydrogens (primary N) is 1. The highest BCUT2D eigenvalue weighted by Gasteiger charge is 2.65. The predicted molar refractivity (Wildman–Crippen MR) is 136 cm³/mol. The first-order valence-electron chi connectivity index (χ1n) is 11.8. The van der Waals surface area contributed by atoms with Crippen LogP contribution in [0.25, 0.3) is 11.5 Å². The summed E-state index contributed by atoms with van der Waals surface area (Å²) in [5.74, 6) is -1.55. The molecule has 39 heavy (non-hydrogen) atoms. The number of amides is 2. The normalized spacial score (nSPS) is 23.1. The van der Waals surface area contributed by atoms with Crippen LogP contribution >= 0.6 is 11.6 Å². The summed E-state index contributed by atoms with van der Waals surface area (Å²) in [5.41, 5.74) is 5.11. The van der Waals surface area contributed by atoms with E-state index < -0.39 is 43.7 Å². The third-order valence-electron chi connectivity index (χ3n) is 7.33.